The number of nitrogens with zero attached hydrogens (tertiary/aromatic N) is 1. The number of rotatable bonds is 4. The maximum absolute atomic E-state index is 13.2. The van der Waals surface area contributed by atoms with E-state index in [2.05, 4.69) is 0 Å². The van der Waals surface area contributed by atoms with Crippen LogP contribution in [-0.4, -0.2) is 32.0 Å². The fraction of sp³-hybridized carbons (Fsp3) is 0.600. The van der Waals surface area contributed by atoms with Crippen LogP contribution in [0.3, 0.4) is 0 Å². The Kier molecular flexibility index (Phi) is 4.45. The van der Waals surface area contributed by atoms with Gasteiger partial charge in [0.15, 0.2) is 12.6 Å². The molecule has 0 spiro atoms. The molecule has 3 N–H and O–H groups in total. The summed E-state index contributed by atoms with van der Waals surface area (Å²) in [5.74, 6) is -1.41. The van der Waals surface area contributed by atoms with Crippen molar-refractivity contribution in [1.82, 2.24) is 9.55 Å². The Morgan fingerprint density at radius 3 is 2.86 bits per heavy atom. The van der Waals surface area contributed by atoms with E-state index in [1.54, 1.807) is 11.9 Å². The molecule has 0 aliphatic carbocycles. The molecular formula is C10H14FN2O7P. The number of aromatic amines is 1. The first-order valence-electron chi connectivity index (χ1n) is 6.00. The smallest absolute Gasteiger partial charge is 0.340 e. The largest absolute Gasteiger partial charge is 0.351 e. The Hall–Kier alpha value is -1.32. The quantitative estimate of drug-likeness (QED) is 0.648. The highest BCUT2D eigenvalue weighted by molar-refractivity contribution is 7.51. The minimum atomic E-state index is -4.34. The second-order valence-electron chi connectivity index (χ2n) is 4.78. The third kappa shape index (κ3) is 3.86. The average molecular weight is 324 g/mol. The number of hydrogen-bond donors (Lipinski definition) is 3. The number of hydrogen-bond acceptors (Lipinski definition) is 5. The van der Waals surface area contributed by atoms with Crippen LogP contribution < -0.4 is 11.2 Å². The van der Waals surface area contributed by atoms with Gasteiger partial charge in [0.05, 0.1) is 6.20 Å². The molecule has 0 aromatic carbocycles. The van der Waals surface area contributed by atoms with Crippen molar-refractivity contribution in [2.24, 2.45) is 5.92 Å². The van der Waals surface area contributed by atoms with Gasteiger partial charge in [0.2, 0.25) is 5.82 Å². The van der Waals surface area contributed by atoms with E-state index in [1.807, 2.05) is 0 Å². The van der Waals surface area contributed by atoms with Gasteiger partial charge in [-0.15, -0.1) is 0 Å². The lowest BCUT2D eigenvalue weighted by Crippen LogP contribution is -2.34. The standard InChI is InChI=1S/C10H14FN2O7P/c1-5-2-7(20-9(5)19-4-21(16,17)18)13-3-6(11)8(14)12-10(13)15/h3,5,7,9H,2,4H2,1H3,(H,12,14,15)(H2,16,17,18)/t5-,7-,9+/m1/s1. The number of halogens is 1. The van der Waals surface area contributed by atoms with E-state index in [1.165, 1.54) is 0 Å². The minimum Gasteiger partial charge on any atom is -0.340 e. The van der Waals surface area contributed by atoms with Crippen molar-refractivity contribution in [3.8, 4) is 0 Å². The first-order chi connectivity index (χ1) is 9.67. The molecule has 0 bridgehead atoms. The van der Waals surface area contributed by atoms with Gasteiger partial charge in [0.1, 0.15) is 6.23 Å². The molecule has 2 rings (SSSR count). The van der Waals surface area contributed by atoms with Gasteiger partial charge < -0.3 is 19.3 Å². The van der Waals surface area contributed by atoms with Crippen LogP contribution in [0.15, 0.2) is 15.8 Å². The van der Waals surface area contributed by atoms with E-state index in [4.69, 9.17) is 19.3 Å². The molecule has 1 aromatic heterocycles. The Morgan fingerprint density at radius 2 is 2.24 bits per heavy atom. The Labute approximate surface area is 117 Å². The van der Waals surface area contributed by atoms with Gasteiger partial charge in [-0.05, 0) is 0 Å². The highest BCUT2D eigenvalue weighted by Crippen LogP contribution is 2.38. The predicted octanol–water partition coefficient (Wildman–Crippen LogP) is -0.291. The Bertz CT molecular complexity index is 681. The summed E-state index contributed by atoms with van der Waals surface area (Å²) in [5, 5.41) is 0. The zero-order valence-electron chi connectivity index (χ0n) is 10.9. The topological polar surface area (TPSA) is 131 Å². The maximum Gasteiger partial charge on any atom is 0.351 e. The molecule has 0 saturated carbocycles. The lowest BCUT2D eigenvalue weighted by atomic mass is 10.1. The van der Waals surface area contributed by atoms with Crippen LogP contribution in [0, 0.1) is 11.7 Å². The predicted molar refractivity (Wildman–Crippen MR) is 67.0 cm³/mol. The molecule has 0 unspecified atom stereocenters. The van der Waals surface area contributed by atoms with Gasteiger partial charge in [-0.2, -0.15) is 4.39 Å². The Balaban J connectivity index is 2.14. The van der Waals surface area contributed by atoms with E-state index in [9.17, 15) is 18.5 Å². The van der Waals surface area contributed by atoms with Gasteiger partial charge >= 0.3 is 13.3 Å². The van der Waals surface area contributed by atoms with Crippen LogP contribution in [0.4, 0.5) is 4.39 Å². The molecule has 9 nitrogen and oxygen atoms in total. The average Bonchev–Trinajstić information content (AvgIpc) is 2.72. The van der Waals surface area contributed by atoms with Crippen molar-refractivity contribution >= 4 is 7.60 Å². The van der Waals surface area contributed by atoms with E-state index in [0.29, 0.717) is 0 Å². The molecule has 3 atom stereocenters. The van der Waals surface area contributed by atoms with Crippen LogP contribution in [-0.2, 0) is 14.0 Å². The maximum atomic E-state index is 13.2. The van der Waals surface area contributed by atoms with Crippen molar-refractivity contribution in [3.63, 3.8) is 0 Å². The van der Waals surface area contributed by atoms with Crippen molar-refractivity contribution in [3.05, 3.63) is 32.9 Å². The van der Waals surface area contributed by atoms with E-state index >= 15 is 0 Å². The molecule has 118 valence electrons. The molecule has 1 aliphatic rings. The van der Waals surface area contributed by atoms with Gasteiger partial charge in [-0.1, -0.05) is 6.92 Å². The summed E-state index contributed by atoms with van der Waals surface area (Å²) in [6, 6.07) is 0. The van der Waals surface area contributed by atoms with Crippen molar-refractivity contribution in [1.29, 1.82) is 0 Å². The molecule has 21 heavy (non-hydrogen) atoms. The number of nitrogens with one attached hydrogen (secondary N) is 1. The van der Waals surface area contributed by atoms with Crippen LogP contribution in [0.1, 0.15) is 19.6 Å². The first kappa shape index (κ1) is 16.1. The number of ether oxygens (including phenoxy) is 2. The van der Waals surface area contributed by atoms with E-state index in [0.717, 1.165) is 10.8 Å². The molecule has 1 saturated heterocycles. The second-order valence-corrected chi connectivity index (χ2v) is 6.36. The molecule has 2 heterocycles. The lowest BCUT2D eigenvalue weighted by molar-refractivity contribution is -0.154. The van der Waals surface area contributed by atoms with Crippen LogP contribution in [0.25, 0.3) is 0 Å². The zero-order valence-corrected chi connectivity index (χ0v) is 11.8. The van der Waals surface area contributed by atoms with Crippen LogP contribution in [0.2, 0.25) is 0 Å². The fourth-order valence-electron chi connectivity index (χ4n) is 2.00. The first-order valence-corrected chi connectivity index (χ1v) is 7.80. The van der Waals surface area contributed by atoms with Gasteiger partial charge in [-0.25, -0.2) is 4.79 Å². The molecular weight excluding hydrogens is 310 g/mol. The van der Waals surface area contributed by atoms with Gasteiger partial charge in [0.25, 0.3) is 5.56 Å². The molecule has 1 aliphatic heterocycles. The highest BCUT2D eigenvalue weighted by Gasteiger charge is 2.36. The highest BCUT2D eigenvalue weighted by atomic mass is 31.2. The minimum absolute atomic E-state index is 0.261. The molecule has 0 amide bonds. The number of aromatic nitrogens is 2. The van der Waals surface area contributed by atoms with E-state index in [-0.39, 0.29) is 12.3 Å². The zero-order chi connectivity index (χ0) is 15.8. The van der Waals surface area contributed by atoms with Gasteiger partial charge in [-0.3, -0.25) is 18.9 Å². The molecule has 1 aromatic rings. The second kappa shape index (κ2) is 5.82. The number of H-pyrrole nitrogens is 1. The Morgan fingerprint density at radius 1 is 1.57 bits per heavy atom. The molecule has 11 heteroatoms. The summed E-state index contributed by atoms with van der Waals surface area (Å²) in [6.07, 6.45) is -1.66. The molecule has 0 radical (unpaired) electrons. The lowest BCUT2D eigenvalue weighted by Gasteiger charge is -2.17. The monoisotopic (exact) mass is 324 g/mol. The summed E-state index contributed by atoms with van der Waals surface area (Å²) >= 11 is 0. The van der Waals surface area contributed by atoms with Crippen LogP contribution >= 0.6 is 7.60 Å². The summed E-state index contributed by atoms with van der Waals surface area (Å²) in [6.45, 7) is 1.69. The van der Waals surface area contributed by atoms with Crippen molar-refractivity contribution < 1.29 is 28.2 Å². The van der Waals surface area contributed by atoms with Crippen molar-refractivity contribution in [2.75, 3.05) is 6.35 Å². The van der Waals surface area contributed by atoms with Crippen molar-refractivity contribution in [2.45, 2.75) is 25.9 Å². The van der Waals surface area contributed by atoms with Crippen LogP contribution in [0.5, 0.6) is 0 Å². The summed E-state index contributed by atoms with van der Waals surface area (Å²) < 4.78 is 35.1. The normalized spacial score (nSPS) is 26.2. The molecule has 1 fully saturated rings. The summed E-state index contributed by atoms with van der Waals surface area (Å²) in [7, 11) is -4.34. The SMILES string of the molecule is C[C@@H]1C[C@H](n2cc(F)c(=O)[nH]c2=O)O[C@@H]1OCP(=O)(O)O. The van der Waals surface area contributed by atoms with Gasteiger partial charge in [0, 0.05) is 12.3 Å². The third-order valence-electron chi connectivity index (χ3n) is 2.97. The summed E-state index contributed by atoms with van der Waals surface area (Å²) in [4.78, 5) is 41.8. The summed E-state index contributed by atoms with van der Waals surface area (Å²) in [5.41, 5.74) is -1.97. The fourth-order valence-corrected chi connectivity index (χ4v) is 2.34. The third-order valence-corrected chi connectivity index (χ3v) is 3.46. The van der Waals surface area contributed by atoms with E-state index < -0.39 is 43.5 Å².